The number of benzene rings is 1. The van der Waals surface area contributed by atoms with E-state index in [1.54, 1.807) is 6.20 Å². The molecule has 1 aliphatic heterocycles. The van der Waals surface area contributed by atoms with Crippen molar-refractivity contribution >= 4 is 11.6 Å². The number of para-hydroxylation sites is 1. The van der Waals surface area contributed by atoms with Crippen LogP contribution in [0, 0.1) is 0 Å². The van der Waals surface area contributed by atoms with Gasteiger partial charge < -0.3 is 15.1 Å². The molecule has 2 heterocycles. The number of carbonyl (C=O) groups excluding carboxylic acids is 1. The number of anilines is 1. The number of hydrogen-bond donors (Lipinski definition) is 2. The number of aromatic nitrogens is 2. The molecule has 0 radical (unpaired) electrons. The molecule has 2 aromatic rings. The van der Waals surface area contributed by atoms with E-state index >= 15 is 0 Å². The lowest BCUT2D eigenvalue weighted by Crippen LogP contribution is -3.16. The first-order chi connectivity index (χ1) is 10.8. The number of quaternary nitrogens is 1. The van der Waals surface area contributed by atoms with E-state index in [2.05, 4.69) is 44.5 Å². The fraction of sp³-hybridized carbons (Fsp3) is 0.312. The van der Waals surface area contributed by atoms with Crippen LogP contribution in [0.3, 0.4) is 0 Å². The highest BCUT2D eigenvalue weighted by Crippen LogP contribution is 2.12. The second-order valence-electron chi connectivity index (χ2n) is 5.35. The molecule has 1 aliphatic rings. The van der Waals surface area contributed by atoms with Crippen LogP contribution in [-0.2, 0) is 0 Å². The minimum atomic E-state index is -0.161. The van der Waals surface area contributed by atoms with E-state index in [4.69, 9.17) is 0 Å². The summed E-state index contributed by atoms with van der Waals surface area (Å²) >= 11 is 0. The van der Waals surface area contributed by atoms with Gasteiger partial charge in [0.2, 0.25) is 0 Å². The third-order valence-electron chi connectivity index (χ3n) is 3.89. The lowest BCUT2D eigenvalue weighted by Gasteiger charge is -2.33. The molecule has 0 atom stereocenters. The second kappa shape index (κ2) is 7.00. The quantitative estimate of drug-likeness (QED) is 0.804. The Morgan fingerprint density at radius 2 is 1.95 bits per heavy atom. The molecule has 1 amide bonds. The van der Waals surface area contributed by atoms with Crippen LogP contribution in [0.5, 0.6) is 0 Å². The molecule has 3 rings (SSSR count). The normalized spacial score (nSPS) is 15.5. The summed E-state index contributed by atoms with van der Waals surface area (Å²) in [5.74, 6) is -0.161. The SMILES string of the molecule is O=C(NC[NH+]1CCN(c2ccccc2)CC1)c1cnccn1. The van der Waals surface area contributed by atoms with E-state index in [0.717, 1.165) is 26.2 Å². The molecule has 0 aliphatic carbocycles. The Morgan fingerprint density at radius 3 is 2.64 bits per heavy atom. The zero-order valence-electron chi connectivity index (χ0n) is 12.4. The number of hydrogen-bond acceptors (Lipinski definition) is 4. The molecule has 6 heteroatoms. The standard InChI is InChI=1S/C16H19N5O/c22-16(15-12-17-6-7-18-15)19-13-20-8-10-21(11-9-20)14-4-2-1-3-5-14/h1-7,12H,8-11,13H2,(H,19,22)/p+1. The topological polar surface area (TPSA) is 62.6 Å². The Labute approximate surface area is 129 Å². The first-order valence-corrected chi connectivity index (χ1v) is 7.51. The fourth-order valence-electron chi connectivity index (χ4n) is 2.61. The molecular formula is C16H20N5O+. The van der Waals surface area contributed by atoms with Crippen molar-refractivity contribution in [3.8, 4) is 0 Å². The number of piperazine rings is 1. The van der Waals surface area contributed by atoms with Crippen molar-refractivity contribution in [3.05, 3.63) is 54.6 Å². The van der Waals surface area contributed by atoms with Crippen LogP contribution in [0.2, 0.25) is 0 Å². The van der Waals surface area contributed by atoms with Gasteiger partial charge in [0, 0.05) is 18.1 Å². The lowest BCUT2D eigenvalue weighted by atomic mass is 10.2. The van der Waals surface area contributed by atoms with Gasteiger partial charge in [-0.2, -0.15) is 0 Å². The van der Waals surface area contributed by atoms with Crippen LogP contribution in [0.15, 0.2) is 48.9 Å². The van der Waals surface area contributed by atoms with Crippen LogP contribution in [-0.4, -0.2) is 48.7 Å². The van der Waals surface area contributed by atoms with E-state index in [1.807, 2.05) is 6.07 Å². The molecule has 0 bridgehead atoms. The number of amides is 1. The van der Waals surface area contributed by atoms with Gasteiger partial charge in [-0.15, -0.1) is 0 Å². The molecular weight excluding hydrogens is 278 g/mol. The average Bonchev–Trinajstić information content (AvgIpc) is 2.61. The molecule has 1 aromatic carbocycles. The summed E-state index contributed by atoms with van der Waals surface area (Å²) in [5.41, 5.74) is 1.63. The number of nitrogens with zero attached hydrogens (tertiary/aromatic N) is 3. The van der Waals surface area contributed by atoms with Gasteiger partial charge in [0.1, 0.15) is 5.69 Å². The van der Waals surface area contributed by atoms with Crippen LogP contribution >= 0.6 is 0 Å². The molecule has 1 fully saturated rings. The molecule has 114 valence electrons. The van der Waals surface area contributed by atoms with Crippen LogP contribution in [0.1, 0.15) is 10.5 Å². The maximum absolute atomic E-state index is 11.9. The molecule has 22 heavy (non-hydrogen) atoms. The molecule has 0 unspecified atom stereocenters. The average molecular weight is 298 g/mol. The maximum Gasteiger partial charge on any atom is 0.275 e. The van der Waals surface area contributed by atoms with E-state index in [-0.39, 0.29) is 5.91 Å². The van der Waals surface area contributed by atoms with E-state index in [0.29, 0.717) is 12.4 Å². The Balaban J connectivity index is 1.45. The zero-order chi connectivity index (χ0) is 15.2. The number of carbonyl (C=O) groups is 1. The van der Waals surface area contributed by atoms with Gasteiger partial charge in [0.15, 0.2) is 6.67 Å². The van der Waals surface area contributed by atoms with Gasteiger partial charge in [-0.1, -0.05) is 18.2 Å². The summed E-state index contributed by atoms with van der Waals surface area (Å²) in [6, 6.07) is 10.4. The Bertz CT molecular complexity index is 596. The van der Waals surface area contributed by atoms with Crippen molar-refractivity contribution in [2.45, 2.75) is 0 Å². The largest absolute Gasteiger partial charge is 0.360 e. The first kappa shape index (κ1) is 14.5. The predicted molar refractivity (Wildman–Crippen MR) is 83.7 cm³/mol. The maximum atomic E-state index is 11.9. The smallest absolute Gasteiger partial charge is 0.275 e. The first-order valence-electron chi connectivity index (χ1n) is 7.51. The number of nitrogens with one attached hydrogen (secondary N) is 2. The van der Waals surface area contributed by atoms with Crippen molar-refractivity contribution in [3.63, 3.8) is 0 Å². The summed E-state index contributed by atoms with van der Waals surface area (Å²) in [6.45, 7) is 4.64. The lowest BCUT2D eigenvalue weighted by molar-refractivity contribution is -0.902. The van der Waals surface area contributed by atoms with E-state index < -0.39 is 0 Å². The Kier molecular flexibility index (Phi) is 4.60. The summed E-state index contributed by atoms with van der Waals surface area (Å²) < 4.78 is 0. The molecule has 1 aromatic heterocycles. The van der Waals surface area contributed by atoms with Crippen molar-refractivity contribution in [1.29, 1.82) is 0 Å². The Morgan fingerprint density at radius 1 is 1.18 bits per heavy atom. The summed E-state index contributed by atoms with van der Waals surface area (Å²) in [7, 11) is 0. The number of rotatable bonds is 4. The van der Waals surface area contributed by atoms with Gasteiger partial charge in [-0.25, -0.2) is 4.98 Å². The molecule has 6 nitrogen and oxygen atoms in total. The fourth-order valence-corrected chi connectivity index (χ4v) is 2.61. The van der Waals surface area contributed by atoms with Crippen LogP contribution in [0.4, 0.5) is 5.69 Å². The summed E-state index contributed by atoms with van der Waals surface area (Å²) in [4.78, 5) is 23.6. The third-order valence-corrected chi connectivity index (χ3v) is 3.89. The molecule has 1 saturated heterocycles. The monoisotopic (exact) mass is 298 g/mol. The molecule has 2 N–H and O–H groups in total. The summed E-state index contributed by atoms with van der Waals surface area (Å²) in [6.07, 6.45) is 4.57. The molecule has 0 spiro atoms. The zero-order valence-corrected chi connectivity index (χ0v) is 12.4. The van der Waals surface area contributed by atoms with Gasteiger partial charge in [0.05, 0.1) is 32.4 Å². The highest BCUT2D eigenvalue weighted by atomic mass is 16.2. The summed E-state index contributed by atoms with van der Waals surface area (Å²) in [5, 5.41) is 2.93. The third kappa shape index (κ3) is 3.59. The van der Waals surface area contributed by atoms with Crippen molar-refractivity contribution < 1.29 is 9.69 Å². The predicted octanol–water partition coefficient (Wildman–Crippen LogP) is -0.431. The molecule has 0 saturated carbocycles. The van der Waals surface area contributed by atoms with Gasteiger partial charge in [0.25, 0.3) is 5.91 Å². The second-order valence-corrected chi connectivity index (χ2v) is 5.35. The van der Waals surface area contributed by atoms with Crippen molar-refractivity contribution in [1.82, 2.24) is 15.3 Å². The highest BCUT2D eigenvalue weighted by molar-refractivity contribution is 5.91. The van der Waals surface area contributed by atoms with Crippen LogP contribution < -0.4 is 15.1 Å². The highest BCUT2D eigenvalue weighted by Gasteiger charge is 2.20. The van der Waals surface area contributed by atoms with Gasteiger partial charge in [-0.05, 0) is 12.1 Å². The Hall–Kier alpha value is -2.47. The van der Waals surface area contributed by atoms with E-state index in [1.165, 1.54) is 23.0 Å². The minimum Gasteiger partial charge on any atom is -0.360 e. The van der Waals surface area contributed by atoms with Crippen molar-refractivity contribution in [2.24, 2.45) is 0 Å². The van der Waals surface area contributed by atoms with Crippen LogP contribution in [0.25, 0.3) is 0 Å². The van der Waals surface area contributed by atoms with Gasteiger partial charge in [-0.3, -0.25) is 9.78 Å². The van der Waals surface area contributed by atoms with E-state index in [9.17, 15) is 4.79 Å². The van der Waals surface area contributed by atoms with Crippen molar-refractivity contribution in [2.75, 3.05) is 37.7 Å². The van der Waals surface area contributed by atoms with Gasteiger partial charge >= 0.3 is 0 Å². The minimum absolute atomic E-state index is 0.161.